The van der Waals surface area contributed by atoms with Crippen molar-refractivity contribution in [2.75, 3.05) is 36.8 Å². The van der Waals surface area contributed by atoms with Crippen molar-refractivity contribution in [3.63, 3.8) is 0 Å². The number of rotatable bonds is 3. The van der Waals surface area contributed by atoms with Gasteiger partial charge in [-0.25, -0.2) is 11.6 Å². The normalized spacial score (nSPS) is 15.3. The van der Waals surface area contributed by atoms with Gasteiger partial charge in [-0.15, -0.1) is 5.69 Å². The number of pyridine rings is 1. The Morgan fingerprint density at radius 2 is 1.74 bits per heavy atom. The fraction of sp³-hybridized carbons (Fsp3) is 0.312. The van der Waals surface area contributed by atoms with E-state index in [9.17, 15) is 0 Å². The van der Waals surface area contributed by atoms with Crippen LogP contribution in [0.3, 0.4) is 0 Å². The third-order valence-electron chi connectivity index (χ3n) is 3.80. The van der Waals surface area contributed by atoms with Crippen molar-refractivity contribution in [3.8, 4) is 0 Å². The molecular formula is C16H17Cl2MdN4-. The van der Waals surface area contributed by atoms with E-state index in [1.165, 1.54) is 5.56 Å². The van der Waals surface area contributed by atoms with E-state index in [0.29, 0.717) is 10.8 Å². The van der Waals surface area contributed by atoms with Crippen LogP contribution in [0.1, 0.15) is 5.56 Å². The zero-order valence-corrected chi connectivity index (χ0v) is 16.2. The third kappa shape index (κ3) is 4.03. The van der Waals surface area contributed by atoms with Crippen molar-refractivity contribution in [3.05, 3.63) is 52.1 Å². The molecule has 0 saturated carbocycles. The van der Waals surface area contributed by atoms with Crippen LogP contribution in [0.5, 0.6) is 0 Å². The molecule has 0 spiro atoms. The molecule has 2 aromatic rings. The smallest absolute Gasteiger partial charge is 0.0406 e. The number of anilines is 2. The maximum atomic E-state index is 6.19. The van der Waals surface area contributed by atoms with Crippen molar-refractivity contribution in [2.24, 2.45) is 0 Å². The van der Waals surface area contributed by atoms with E-state index < -0.39 is 0 Å². The minimum absolute atomic E-state index is 0. The minimum atomic E-state index is 0. The van der Waals surface area contributed by atoms with E-state index in [0.717, 1.165) is 43.4 Å². The molecule has 3 rings (SSSR count). The number of nitrogen functional groups attached to an aromatic ring is 1. The summed E-state index contributed by atoms with van der Waals surface area (Å²) in [5.41, 5.74) is 7.82. The van der Waals surface area contributed by atoms with Gasteiger partial charge in [-0.3, -0.25) is 9.88 Å². The fourth-order valence-electron chi connectivity index (χ4n) is 2.61. The molecule has 23 heavy (non-hydrogen) atoms. The molecule has 1 aliphatic rings. The first-order chi connectivity index (χ1) is 10.6. The van der Waals surface area contributed by atoms with Crippen LogP contribution in [-0.2, 0) is 6.54 Å². The molecule has 0 bridgehead atoms. The van der Waals surface area contributed by atoms with Gasteiger partial charge in [0.2, 0.25) is 0 Å². The number of nitrogens with two attached hydrogens (primary N) is 1. The minimum Gasteiger partial charge on any atom is -0.401 e. The van der Waals surface area contributed by atoms with Gasteiger partial charge in [0.15, 0.2) is 0 Å². The maximum absolute atomic E-state index is 6.19. The Morgan fingerprint density at radius 3 is 2.39 bits per heavy atom. The van der Waals surface area contributed by atoms with Gasteiger partial charge < -0.3 is 10.6 Å². The molecule has 1 aromatic heterocycles. The van der Waals surface area contributed by atoms with Gasteiger partial charge in [0.1, 0.15) is 0 Å². The zero-order chi connectivity index (χ0) is 15.5. The van der Waals surface area contributed by atoms with E-state index >= 15 is 0 Å². The van der Waals surface area contributed by atoms with Gasteiger partial charge >= 0.3 is 0 Å². The summed E-state index contributed by atoms with van der Waals surface area (Å²) >= 11 is 12.1. The average Bonchev–Trinajstić information content (AvgIpc) is 2.53. The van der Waals surface area contributed by atoms with E-state index in [1.807, 2.05) is 12.1 Å². The maximum Gasteiger partial charge on any atom is 0.0406 e. The standard InChI is InChI=1S/C16H17Cl2N4.Md/c17-13-3-1-12(2-4-13)11-21-5-7-22(8-6-21)15-9-16(19)20-10-14(15)18;/h1-4,10H,5-8,11H2,(H2,19,20);/q-1;. The first-order valence-electron chi connectivity index (χ1n) is 7.17. The number of hydrogen-bond acceptors (Lipinski definition) is 4. The molecular weight excluding hydrogens is 577 g/mol. The Kier molecular flexibility index (Phi) is 5.27. The van der Waals surface area contributed by atoms with E-state index in [1.54, 1.807) is 6.20 Å². The molecule has 1 aliphatic heterocycles. The molecule has 2 N–H and O–H groups in total. The molecule has 129 valence electrons. The van der Waals surface area contributed by atoms with Crippen LogP contribution in [0.25, 0.3) is 0 Å². The Hall–Kier alpha value is -2.49. The first kappa shape index (κ1) is 16.9. The van der Waals surface area contributed by atoms with Gasteiger partial charge in [0.25, 0.3) is 0 Å². The predicted molar refractivity (Wildman–Crippen MR) is 91.4 cm³/mol. The zero-order valence-electron chi connectivity index (χ0n) is 12.4. The summed E-state index contributed by atoms with van der Waals surface area (Å²) in [5, 5.41) is 1.37. The van der Waals surface area contributed by atoms with Gasteiger partial charge in [0, 0.05) is 43.6 Å². The molecule has 0 amide bonds. The van der Waals surface area contributed by atoms with Crippen molar-refractivity contribution in [1.82, 2.24) is 9.88 Å². The van der Waals surface area contributed by atoms with Gasteiger partial charge in [-0.05, 0) is 23.9 Å². The van der Waals surface area contributed by atoms with Crippen LogP contribution in [0.2, 0.25) is 10.0 Å². The molecule has 2 heterocycles. The number of piperazine rings is 1. The Balaban J connectivity index is 0.00000192. The van der Waals surface area contributed by atoms with Crippen LogP contribution in [0, 0.1) is 6.07 Å². The van der Waals surface area contributed by atoms with Crippen molar-refractivity contribution in [2.45, 2.75) is 6.54 Å². The van der Waals surface area contributed by atoms with Gasteiger partial charge in [-0.1, -0.05) is 28.8 Å². The van der Waals surface area contributed by atoms with Crippen LogP contribution in [-0.4, -0.2) is 36.1 Å². The summed E-state index contributed by atoms with van der Waals surface area (Å²) in [6.07, 6.45) is 1.59. The molecule has 1 radical (unpaired) electrons. The van der Waals surface area contributed by atoms with E-state index in [-0.39, 0.29) is 0 Å². The number of halogens is 2. The Bertz CT molecular complexity index is 643. The third-order valence-corrected chi connectivity index (χ3v) is 4.33. The monoisotopic (exact) mass is 593 g/mol. The van der Waals surface area contributed by atoms with Crippen LogP contribution < -0.4 is 10.6 Å². The average molecular weight is 594 g/mol. The second-order valence-electron chi connectivity index (χ2n) is 5.35. The Labute approximate surface area is 140 Å². The molecule has 4 nitrogen and oxygen atoms in total. The van der Waals surface area contributed by atoms with Crippen molar-refractivity contribution in [1.29, 1.82) is 0 Å². The molecule has 7 heteroatoms. The molecule has 0 aliphatic carbocycles. The van der Waals surface area contributed by atoms with Crippen molar-refractivity contribution >= 4 is 34.7 Å². The van der Waals surface area contributed by atoms with Gasteiger partial charge in [0.05, 0.1) is 0 Å². The number of hydrogen-bond donors (Lipinski definition) is 1. The summed E-state index contributed by atoms with van der Waals surface area (Å²) in [7, 11) is 0. The van der Waals surface area contributed by atoms with Crippen molar-refractivity contribution < 1.29 is 0 Å². The summed E-state index contributed by atoms with van der Waals surface area (Å²) in [6, 6.07) is 11.1. The molecule has 0 atom stereocenters. The number of aromatic nitrogens is 1. The molecule has 1 fully saturated rings. The predicted octanol–water partition coefficient (Wildman–Crippen LogP) is 3.09. The SMILES string of the molecule is Nc1[c-]c(N2CCN(Cc3ccc(Cl)cc3)CC2)c(Cl)cn1.[Md]. The second kappa shape index (κ2) is 7.18. The first-order valence-corrected chi connectivity index (χ1v) is 7.92. The number of nitrogens with zero attached hydrogens (tertiary/aromatic N) is 3. The summed E-state index contributed by atoms with van der Waals surface area (Å²) in [5.74, 6) is 0.378. The van der Waals surface area contributed by atoms with Crippen LogP contribution in [0.4, 0.5) is 11.5 Å². The van der Waals surface area contributed by atoms with Crippen LogP contribution >= 0.6 is 23.2 Å². The molecule has 1 aromatic carbocycles. The van der Waals surface area contributed by atoms with Gasteiger partial charge in [-0.2, -0.15) is 6.07 Å². The quantitative estimate of drug-likeness (QED) is 0.556. The fourth-order valence-corrected chi connectivity index (χ4v) is 2.95. The van der Waals surface area contributed by atoms with E-state index in [4.69, 9.17) is 28.9 Å². The largest absolute Gasteiger partial charge is 0.401 e. The summed E-state index contributed by atoms with van der Waals surface area (Å²) in [4.78, 5) is 8.58. The summed E-state index contributed by atoms with van der Waals surface area (Å²) in [6.45, 7) is 4.66. The Morgan fingerprint density at radius 1 is 1.09 bits per heavy atom. The number of benzene rings is 1. The second-order valence-corrected chi connectivity index (χ2v) is 6.20. The molecule has 1 saturated heterocycles. The topological polar surface area (TPSA) is 45.4 Å². The summed E-state index contributed by atoms with van der Waals surface area (Å²) < 4.78 is 0. The van der Waals surface area contributed by atoms with E-state index in [2.05, 4.69) is 33.0 Å². The molecule has 0 unspecified atom stereocenters. The van der Waals surface area contributed by atoms with Crippen LogP contribution in [0.15, 0.2) is 30.5 Å².